The van der Waals surface area contributed by atoms with Crippen molar-refractivity contribution in [3.05, 3.63) is 66.1 Å². The molecule has 2 aromatic carbocycles. The van der Waals surface area contributed by atoms with Gasteiger partial charge in [-0.15, -0.1) is 10.2 Å². The molecule has 3 heterocycles. The molecule has 7 heteroatoms. The highest BCUT2D eigenvalue weighted by Gasteiger charge is 2.53. The number of aryl methyl sites for hydroxylation is 1. The smallest absolute Gasteiger partial charge is 0.260 e. The Bertz CT molecular complexity index is 1080. The minimum Gasteiger partial charge on any atom is -0.484 e. The van der Waals surface area contributed by atoms with Gasteiger partial charge in [-0.05, 0) is 50.2 Å². The van der Waals surface area contributed by atoms with Crippen LogP contribution in [-0.4, -0.2) is 59.2 Å². The van der Waals surface area contributed by atoms with Gasteiger partial charge in [0, 0.05) is 30.6 Å². The minimum atomic E-state index is 0.0300. The van der Waals surface area contributed by atoms with E-state index in [9.17, 15) is 4.79 Å². The minimum absolute atomic E-state index is 0.0300. The van der Waals surface area contributed by atoms with Crippen LogP contribution in [0.3, 0.4) is 0 Å². The Hall–Kier alpha value is -3.19. The lowest BCUT2D eigenvalue weighted by Gasteiger charge is -2.48. The normalized spacial score (nSPS) is 20.1. The molecule has 1 aromatic heterocycles. The van der Waals surface area contributed by atoms with E-state index in [-0.39, 0.29) is 24.0 Å². The molecule has 31 heavy (non-hydrogen) atoms. The van der Waals surface area contributed by atoms with Crippen LogP contribution in [0.1, 0.15) is 23.9 Å². The van der Waals surface area contributed by atoms with Gasteiger partial charge in [0.1, 0.15) is 5.75 Å². The van der Waals surface area contributed by atoms with E-state index in [2.05, 4.69) is 22.1 Å². The molecule has 2 aliphatic heterocycles. The van der Waals surface area contributed by atoms with Crippen molar-refractivity contribution >= 4 is 5.91 Å². The van der Waals surface area contributed by atoms with Crippen molar-refractivity contribution in [1.29, 1.82) is 0 Å². The Morgan fingerprint density at radius 2 is 1.94 bits per heavy atom. The predicted molar refractivity (Wildman–Crippen MR) is 115 cm³/mol. The molecule has 2 saturated heterocycles. The molecule has 0 bridgehead atoms. The van der Waals surface area contributed by atoms with Crippen molar-refractivity contribution in [3.8, 4) is 17.2 Å². The lowest BCUT2D eigenvalue weighted by Crippen LogP contribution is -2.60. The van der Waals surface area contributed by atoms with Gasteiger partial charge >= 0.3 is 0 Å². The molecule has 2 aliphatic rings. The van der Waals surface area contributed by atoms with Crippen molar-refractivity contribution in [2.75, 3.05) is 33.3 Å². The summed E-state index contributed by atoms with van der Waals surface area (Å²) in [7, 11) is 2.08. The van der Waals surface area contributed by atoms with E-state index in [0.29, 0.717) is 11.8 Å². The number of ether oxygens (including phenoxy) is 1. The first-order valence-corrected chi connectivity index (χ1v) is 10.6. The Morgan fingerprint density at radius 1 is 1.13 bits per heavy atom. The lowest BCUT2D eigenvalue weighted by molar-refractivity contribution is -0.144. The molecule has 1 amide bonds. The van der Waals surface area contributed by atoms with Crippen molar-refractivity contribution < 1.29 is 13.9 Å². The van der Waals surface area contributed by atoms with Gasteiger partial charge in [0.25, 0.3) is 5.91 Å². The maximum Gasteiger partial charge on any atom is 0.260 e. The van der Waals surface area contributed by atoms with Crippen LogP contribution in [0, 0.1) is 12.3 Å². The van der Waals surface area contributed by atoms with Crippen LogP contribution in [0.15, 0.2) is 59.0 Å². The molecule has 7 nitrogen and oxygen atoms in total. The molecule has 160 valence electrons. The summed E-state index contributed by atoms with van der Waals surface area (Å²) < 4.78 is 11.7. The standard InChI is InChI=1S/C24H26N4O3/c1-17-7-6-10-19(11-17)30-13-21(29)28-15-24(16-28)12-20(27(2)14-24)23-26-25-22(31-23)18-8-4-3-5-9-18/h3-11,20H,12-16H2,1-2H3. The SMILES string of the molecule is Cc1cccc(OCC(=O)N2CC3(CC(c4nnc(-c5ccccc5)o4)N(C)C3)C2)c1. The van der Waals surface area contributed by atoms with Gasteiger partial charge in [0.2, 0.25) is 11.8 Å². The summed E-state index contributed by atoms with van der Waals surface area (Å²) in [5, 5.41) is 8.55. The van der Waals surface area contributed by atoms with Crippen LogP contribution in [0.4, 0.5) is 0 Å². The molecule has 0 radical (unpaired) electrons. The molecule has 0 N–H and O–H groups in total. The molecule has 2 fully saturated rings. The zero-order valence-electron chi connectivity index (χ0n) is 17.8. The quantitative estimate of drug-likeness (QED) is 0.633. The van der Waals surface area contributed by atoms with Crippen LogP contribution in [0.5, 0.6) is 5.75 Å². The predicted octanol–water partition coefficient (Wildman–Crippen LogP) is 3.33. The van der Waals surface area contributed by atoms with Crippen molar-refractivity contribution in [2.45, 2.75) is 19.4 Å². The fraction of sp³-hybridized carbons (Fsp3) is 0.375. The Balaban J connectivity index is 1.18. The van der Waals surface area contributed by atoms with Gasteiger partial charge in [-0.2, -0.15) is 0 Å². The van der Waals surface area contributed by atoms with Gasteiger partial charge in [-0.25, -0.2) is 0 Å². The van der Waals surface area contributed by atoms with Crippen molar-refractivity contribution in [2.24, 2.45) is 5.41 Å². The number of aromatic nitrogens is 2. The molecule has 1 spiro atoms. The molecule has 5 rings (SSSR count). The monoisotopic (exact) mass is 418 g/mol. The second-order valence-electron chi connectivity index (χ2n) is 8.80. The summed E-state index contributed by atoms with van der Waals surface area (Å²) in [6.07, 6.45) is 0.905. The van der Waals surface area contributed by atoms with E-state index >= 15 is 0 Å². The first-order valence-electron chi connectivity index (χ1n) is 10.6. The average Bonchev–Trinajstić information content (AvgIpc) is 3.36. The highest BCUT2D eigenvalue weighted by atomic mass is 16.5. The molecule has 1 unspecified atom stereocenters. The molecule has 3 aromatic rings. The van der Waals surface area contributed by atoms with Gasteiger partial charge in [-0.3, -0.25) is 9.69 Å². The second kappa shape index (κ2) is 7.81. The fourth-order valence-corrected chi connectivity index (χ4v) is 4.72. The second-order valence-corrected chi connectivity index (χ2v) is 8.80. The van der Waals surface area contributed by atoms with E-state index < -0.39 is 0 Å². The largest absolute Gasteiger partial charge is 0.484 e. The summed E-state index contributed by atoms with van der Waals surface area (Å²) in [5.74, 6) is 1.95. The van der Waals surface area contributed by atoms with Gasteiger partial charge in [-0.1, -0.05) is 30.3 Å². The van der Waals surface area contributed by atoms with Gasteiger partial charge < -0.3 is 14.1 Å². The first-order chi connectivity index (χ1) is 15.0. The summed E-state index contributed by atoms with van der Waals surface area (Å²) in [6, 6.07) is 17.6. The third kappa shape index (κ3) is 3.93. The Morgan fingerprint density at radius 3 is 2.71 bits per heavy atom. The summed E-state index contributed by atoms with van der Waals surface area (Å²) >= 11 is 0. The van der Waals surface area contributed by atoms with Crippen LogP contribution >= 0.6 is 0 Å². The van der Waals surface area contributed by atoms with Gasteiger partial charge in [0.15, 0.2) is 6.61 Å². The van der Waals surface area contributed by atoms with E-state index in [1.807, 2.05) is 66.4 Å². The van der Waals surface area contributed by atoms with Crippen molar-refractivity contribution in [1.82, 2.24) is 20.0 Å². The van der Waals surface area contributed by atoms with Gasteiger partial charge in [0.05, 0.1) is 6.04 Å². The number of amides is 1. The summed E-state index contributed by atoms with van der Waals surface area (Å²) in [5.41, 5.74) is 2.12. The number of rotatable bonds is 5. The highest BCUT2D eigenvalue weighted by molar-refractivity contribution is 5.78. The van der Waals surface area contributed by atoms with E-state index in [0.717, 1.165) is 42.9 Å². The maximum atomic E-state index is 12.6. The zero-order valence-corrected chi connectivity index (χ0v) is 17.8. The number of carbonyl (C=O) groups excluding carboxylic acids is 1. The van der Waals surface area contributed by atoms with Crippen LogP contribution in [0.25, 0.3) is 11.5 Å². The molecular weight excluding hydrogens is 392 g/mol. The zero-order chi connectivity index (χ0) is 21.4. The van der Waals surface area contributed by atoms with Crippen LogP contribution < -0.4 is 4.74 Å². The van der Waals surface area contributed by atoms with E-state index in [1.165, 1.54) is 0 Å². The molecule has 0 aliphatic carbocycles. The number of hydrogen-bond donors (Lipinski definition) is 0. The van der Waals surface area contributed by atoms with E-state index in [1.54, 1.807) is 0 Å². The number of likely N-dealkylation sites (tertiary alicyclic amines) is 2. The third-order valence-electron chi connectivity index (χ3n) is 6.25. The van der Waals surface area contributed by atoms with Crippen LogP contribution in [-0.2, 0) is 4.79 Å². The Kier molecular flexibility index (Phi) is 4.98. The fourth-order valence-electron chi connectivity index (χ4n) is 4.72. The lowest BCUT2D eigenvalue weighted by atomic mass is 9.77. The maximum absolute atomic E-state index is 12.6. The molecular formula is C24H26N4O3. The average molecular weight is 418 g/mol. The highest BCUT2D eigenvalue weighted by Crippen LogP contribution is 2.47. The topological polar surface area (TPSA) is 71.7 Å². The number of hydrogen-bond acceptors (Lipinski definition) is 6. The Labute approximate surface area is 181 Å². The van der Waals surface area contributed by atoms with Crippen molar-refractivity contribution in [3.63, 3.8) is 0 Å². The number of benzene rings is 2. The molecule has 1 atom stereocenters. The summed E-state index contributed by atoms with van der Waals surface area (Å²) in [4.78, 5) is 16.7. The first kappa shape index (κ1) is 19.8. The third-order valence-corrected chi connectivity index (χ3v) is 6.25. The van der Waals surface area contributed by atoms with Crippen LogP contribution in [0.2, 0.25) is 0 Å². The summed E-state index contributed by atoms with van der Waals surface area (Å²) in [6.45, 7) is 4.46. The van der Waals surface area contributed by atoms with E-state index in [4.69, 9.17) is 9.15 Å². The molecule has 0 saturated carbocycles. The number of carbonyl (C=O) groups is 1. The number of nitrogens with zero attached hydrogens (tertiary/aromatic N) is 4.